The van der Waals surface area contributed by atoms with Gasteiger partial charge in [0, 0.05) is 29.6 Å². The molecule has 0 fully saturated rings. The van der Waals surface area contributed by atoms with Gasteiger partial charge in [0.2, 0.25) is 15.9 Å². The number of nitrogens with zero attached hydrogens (tertiary/aromatic N) is 2. The third-order valence-electron chi connectivity index (χ3n) is 5.04. The largest absolute Gasteiger partial charge is 0.497 e. The van der Waals surface area contributed by atoms with Crippen molar-refractivity contribution in [2.24, 2.45) is 0 Å². The highest BCUT2D eigenvalue weighted by Gasteiger charge is 2.28. The molecule has 0 radical (unpaired) electrons. The molecule has 1 amide bonds. The summed E-state index contributed by atoms with van der Waals surface area (Å²) < 4.78 is 33.9. The van der Waals surface area contributed by atoms with Crippen LogP contribution in [0.1, 0.15) is 11.1 Å². The number of sulfonamides is 1. The van der Waals surface area contributed by atoms with Crippen molar-refractivity contribution in [1.29, 1.82) is 0 Å². The topological polar surface area (TPSA) is 66.9 Å². The summed E-state index contributed by atoms with van der Waals surface area (Å²) in [4.78, 5) is 14.6. The van der Waals surface area contributed by atoms with Gasteiger partial charge in [-0.15, -0.1) is 0 Å². The first-order valence-electron chi connectivity index (χ1n) is 10.1. The Morgan fingerprint density at radius 3 is 2.03 bits per heavy atom. The number of carbonyl (C=O) groups excluding carboxylic acids is 1. The molecule has 0 atom stereocenters. The number of rotatable bonds is 9. The molecule has 3 rings (SSSR count). The smallest absolute Gasteiger partial charge is 0.243 e. The van der Waals surface area contributed by atoms with Crippen molar-refractivity contribution in [3.63, 3.8) is 0 Å². The summed E-state index contributed by atoms with van der Waals surface area (Å²) in [5.41, 5.74) is 1.64. The van der Waals surface area contributed by atoms with Crippen molar-refractivity contribution in [3.05, 3.63) is 93.4 Å². The molecule has 3 aromatic carbocycles. The predicted octanol–water partition coefficient (Wildman–Crippen LogP) is 4.96. The number of likely N-dealkylation sites (N-methyl/N-ethyl adjacent to an activating group) is 1. The fourth-order valence-corrected chi connectivity index (χ4v) is 4.91. The van der Waals surface area contributed by atoms with E-state index in [0.29, 0.717) is 11.6 Å². The van der Waals surface area contributed by atoms with Gasteiger partial charge in [0.1, 0.15) is 5.75 Å². The van der Waals surface area contributed by atoms with Gasteiger partial charge < -0.3 is 9.64 Å². The van der Waals surface area contributed by atoms with Gasteiger partial charge in [-0.25, -0.2) is 8.42 Å². The number of hydrogen-bond acceptors (Lipinski definition) is 4. The first-order chi connectivity index (χ1) is 15.7. The molecule has 9 heteroatoms. The molecule has 0 heterocycles. The van der Waals surface area contributed by atoms with Gasteiger partial charge in [0.05, 0.1) is 18.6 Å². The molecule has 0 aliphatic heterocycles. The molecule has 174 valence electrons. The van der Waals surface area contributed by atoms with Crippen LogP contribution < -0.4 is 4.74 Å². The number of halogens is 2. The Kier molecular flexibility index (Phi) is 8.53. The predicted molar refractivity (Wildman–Crippen MR) is 133 cm³/mol. The van der Waals surface area contributed by atoms with E-state index in [1.807, 2.05) is 24.3 Å². The fraction of sp³-hybridized carbons (Fsp3) is 0.208. The monoisotopic (exact) mass is 550 g/mol. The second-order valence-electron chi connectivity index (χ2n) is 7.45. The summed E-state index contributed by atoms with van der Waals surface area (Å²) in [6.07, 6.45) is 0. The zero-order chi connectivity index (χ0) is 24.0. The number of carbonyl (C=O) groups is 1. The van der Waals surface area contributed by atoms with Crippen LogP contribution in [0.15, 0.2) is 82.2 Å². The van der Waals surface area contributed by atoms with E-state index in [-0.39, 0.29) is 23.9 Å². The molecule has 0 aromatic heterocycles. The molecule has 33 heavy (non-hydrogen) atoms. The lowest BCUT2D eigenvalue weighted by atomic mass is 10.2. The lowest BCUT2D eigenvalue weighted by Gasteiger charge is -2.25. The third-order valence-corrected chi connectivity index (χ3v) is 7.63. The molecule has 0 aliphatic carbocycles. The highest BCUT2D eigenvalue weighted by molar-refractivity contribution is 9.10. The summed E-state index contributed by atoms with van der Waals surface area (Å²) in [5.74, 6) is 0.405. The van der Waals surface area contributed by atoms with E-state index < -0.39 is 10.0 Å². The van der Waals surface area contributed by atoms with Crippen LogP contribution in [0, 0.1) is 0 Å². The second kappa shape index (κ2) is 11.2. The average Bonchev–Trinajstić information content (AvgIpc) is 2.80. The second-order valence-corrected chi connectivity index (χ2v) is 10.7. The van der Waals surface area contributed by atoms with Crippen LogP contribution in [-0.2, 0) is 27.9 Å². The quantitative estimate of drug-likeness (QED) is 0.377. The van der Waals surface area contributed by atoms with Gasteiger partial charge in [0.25, 0.3) is 0 Å². The number of hydrogen-bond donors (Lipinski definition) is 0. The van der Waals surface area contributed by atoms with Gasteiger partial charge in [-0.1, -0.05) is 51.8 Å². The molecule has 0 aliphatic rings. The van der Waals surface area contributed by atoms with Crippen LogP contribution in [0.3, 0.4) is 0 Å². The molecular weight excluding hydrogens is 528 g/mol. The van der Waals surface area contributed by atoms with E-state index in [1.54, 1.807) is 50.6 Å². The maximum Gasteiger partial charge on any atom is 0.243 e. The Morgan fingerprint density at radius 1 is 0.909 bits per heavy atom. The molecular formula is C24H24BrClN2O4S. The summed E-state index contributed by atoms with van der Waals surface area (Å²) in [6, 6.07) is 20.6. The van der Waals surface area contributed by atoms with Crippen LogP contribution >= 0.6 is 27.5 Å². The van der Waals surface area contributed by atoms with Gasteiger partial charge in [-0.2, -0.15) is 4.31 Å². The van der Waals surface area contributed by atoms with E-state index in [0.717, 1.165) is 21.3 Å². The molecule has 0 saturated carbocycles. The van der Waals surface area contributed by atoms with Crippen LogP contribution in [-0.4, -0.2) is 44.2 Å². The summed E-state index contributed by atoms with van der Waals surface area (Å²) in [6.45, 7) is 0.0846. The number of benzene rings is 3. The maximum atomic E-state index is 13.4. The van der Waals surface area contributed by atoms with E-state index >= 15 is 0 Å². The van der Waals surface area contributed by atoms with Crippen LogP contribution in [0.25, 0.3) is 0 Å². The fourth-order valence-electron chi connectivity index (χ4n) is 3.14. The Bertz CT molecular complexity index is 1180. The SMILES string of the molecule is COc1ccc(CN(C)C(=O)CN(Cc2ccc(Cl)cc2)S(=O)(=O)c2ccc(Br)cc2)cc1. The van der Waals surface area contributed by atoms with E-state index in [9.17, 15) is 13.2 Å². The normalized spacial score (nSPS) is 11.4. The lowest BCUT2D eigenvalue weighted by molar-refractivity contribution is -0.130. The van der Waals surface area contributed by atoms with Crippen LogP contribution in [0.5, 0.6) is 5.75 Å². The average molecular weight is 552 g/mol. The number of methoxy groups -OCH3 is 1. The molecule has 3 aromatic rings. The molecule has 0 spiro atoms. The summed E-state index contributed by atoms with van der Waals surface area (Å²) in [7, 11) is -0.680. The van der Waals surface area contributed by atoms with Crippen molar-refractivity contribution < 1.29 is 17.9 Å². The maximum absolute atomic E-state index is 13.4. The first kappa shape index (κ1) is 25.2. The minimum atomic E-state index is -3.92. The molecule has 0 unspecified atom stereocenters. The summed E-state index contributed by atoms with van der Waals surface area (Å²) >= 11 is 9.29. The van der Waals surface area contributed by atoms with Crippen LogP contribution in [0.2, 0.25) is 5.02 Å². The molecule has 0 bridgehead atoms. The van der Waals surface area contributed by atoms with Crippen molar-refractivity contribution in [2.45, 2.75) is 18.0 Å². The van der Waals surface area contributed by atoms with E-state index in [2.05, 4.69) is 15.9 Å². The lowest BCUT2D eigenvalue weighted by Crippen LogP contribution is -2.40. The molecule has 6 nitrogen and oxygen atoms in total. The molecule has 0 saturated heterocycles. The van der Waals surface area contributed by atoms with E-state index in [1.165, 1.54) is 21.3 Å². The van der Waals surface area contributed by atoms with E-state index in [4.69, 9.17) is 16.3 Å². The highest BCUT2D eigenvalue weighted by atomic mass is 79.9. The van der Waals surface area contributed by atoms with Crippen molar-refractivity contribution in [1.82, 2.24) is 9.21 Å². The zero-order valence-corrected chi connectivity index (χ0v) is 21.4. The Hall–Kier alpha value is -2.39. The van der Waals surface area contributed by atoms with Crippen molar-refractivity contribution >= 4 is 43.5 Å². The zero-order valence-electron chi connectivity index (χ0n) is 18.2. The standard InChI is InChI=1S/C24H24BrClN2O4S/c1-27(15-18-5-11-22(32-2)12-6-18)24(29)17-28(16-19-3-9-21(26)10-4-19)33(30,31)23-13-7-20(25)8-14-23/h3-14H,15-17H2,1-2H3. The number of ether oxygens (including phenoxy) is 1. The first-order valence-corrected chi connectivity index (χ1v) is 12.7. The third kappa shape index (κ3) is 6.80. The van der Waals surface area contributed by atoms with Crippen molar-refractivity contribution in [2.75, 3.05) is 20.7 Å². The molecule has 0 N–H and O–H groups in total. The Morgan fingerprint density at radius 2 is 1.45 bits per heavy atom. The van der Waals surface area contributed by atoms with Gasteiger partial charge in [-0.05, 0) is 59.7 Å². The Labute approximate surface area is 207 Å². The summed E-state index contributed by atoms with van der Waals surface area (Å²) in [5, 5.41) is 0.552. The minimum Gasteiger partial charge on any atom is -0.497 e. The highest BCUT2D eigenvalue weighted by Crippen LogP contribution is 2.22. The number of amides is 1. The van der Waals surface area contributed by atoms with Gasteiger partial charge >= 0.3 is 0 Å². The Balaban J connectivity index is 1.82. The minimum absolute atomic E-state index is 0.0394. The van der Waals surface area contributed by atoms with Crippen LogP contribution in [0.4, 0.5) is 0 Å². The van der Waals surface area contributed by atoms with Crippen molar-refractivity contribution in [3.8, 4) is 5.75 Å². The van der Waals surface area contributed by atoms with Gasteiger partial charge in [0.15, 0.2) is 0 Å². The van der Waals surface area contributed by atoms with Gasteiger partial charge in [-0.3, -0.25) is 4.79 Å².